The molecule has 0 aliphatic rings. The van der Waals surface area contributed by atoms with Crippen molar-refractivity contribution in [1.29, 1.82) is 0 Å². The largest absolute Gasteiger partial charge is 0.416 e. The molecule has 0 radical (unpaired) electrons. The second-order valence-corrected chi connectivity index (χ2v) is 5.67. The molecule has 0 spiro atoms. The molecule has 9 heteroatoms. The van der Waals surface area contributed by atoms with Gasteiger partial charge in [-0.05, 0) is 12.1 Å². The van der Waals surface area contributed by atoms with E-state index in [4.69, 9.17) is 5.11 Å². The number of halogens is 3. The molecule has 22 heavy (non-hydrogen) atoms. The topological polar surface area (TPSA) is 71.3 Å². The molecule has 0 saturated carbocycles. The van der Waals surface area contributed by atoms with E-state index in [-0.39, 0.29) is 18.5 Å². The van der Waals surface area contributed by atoms with Crippen LogP contribution in [0.2, 0.25) is 0 Å². The number of benzene rings is 1. The van der Waals surface area contributed by atoms with Crippen LogP contribution in [-0.4, -0.2) is 33.8 Å². The molecule has 0 unspecified atom stereocenters. The molecule has 0 aliphatic heterocycles. The Hall–Kier alpha value is -1.87. The number of carbonyl (C=O) groups excluding carboxylic acids is 1. The van der Waals surface area contributed by atoms with Gasteiger partial charge in [0.25, 0.3) is 5.56 Å². The van der Waals surface area contributed by atoms with E-state index in [1.807, 2.05) is 5.32 Å². The third kappa shape index (κ3) is 3.86. The molecule has 0 fully saturated rings. The third-order valence-electron chi connectivity index (χ3n) is 2.96. The van der Waals surface area contributed by atoms with E-state index in [0.717, 1.165) is 4.70 Å². The predicted octanol–water partition coefficient (Wildman–Crippen LogP) is 1.49. The molecule has 120 valence electrons. The lowest BCUT2D eigenvalue weighted by molar-refractivity contribution is -0.201. The summed E-state index contributed by atoms with van der Waals surface area (Å²) in [5, 5.41) is 11.3. The standard InChI is InChI=1S/C13H13F3N2O3S/c14-13(15,16)10(19)7-17-11(20)5-6-18-12(21)8-3-1-2-4-9(8)22-18/h1-4,10,19H,5-7H2,(H,17,20)/t10-/m0/s1. The average Bonchev–Trinajstić information content (AvgIpc) is 2.78. The van der Waals surface area contributed by atoms with E-state index in [1.54, 1.807) is 24.3 Å². The van der Waals surface area contributed by atoms with Crippen LogP contribution in [0.1, 0.15) is 6.42 Å². The lowest BCUT2D eigenvalue weighted by Gasteiger charge is -2.14. The Morgan fingerprint density at radius 3 is 2.68 bits per heavy atom. The van der Waals surface area contributed by atoms with Crippen molar-refractivity contribution in [2.24, 2.45) is 0 Å². The molecule has 0 bridgehead atoms. The third-order valence-corrected chi connectivity index (χ3v) is 4.09. The average molecular weight is 334 g/mol. The molecule has 2 aromatic rings. The Kier molecular flexibility index (Phi) is 4.87. The van der Waals surface area contributed by atoms with E-state index in [9.17, 15) is 22.8 Å². The highest BCUT2D eigenvalue weighted by atomic mass is 32.1. The van der Waals surface area contributed by atoms with Crippen molar-refractivity contribution in [2.45, 2.75) is 25.2 Å². The van der Waals surface area contributed by atoms with Crippen LogP contribution in [0.5, 0.6) is 0 Å². The summed E-state index contributed by atoms with van der Waals surface area (Å²) in [6.45, 7) is -0.824. The summed E-state index contributed by atoms with van der Waals surface area (Å²) < 4.78 is 38.4. The summed E-state index contributed by atoms with van der Waals surface area (Å²) in [4.78, 5) is 23.5. The van der Waals surface area contributed by atoms with Crippen LogP contribution in [0, 0.1) is 0 Å². The number of carbonyl (C=O) groups is 1. The van der Waals surface area contributed by atoms with E-state index in [1.165, 1.54) is 15.5 Å². The van der Waals surface area contributed by atoms with E-state index in [2.05, 4.69) is 0 Å². The summed E-state index contributed by atoms with van der Waals surface area (Å²) in [5.74, 6) is -0.660. The fourth-order valence-electron chi connectivity index (χ4n) is 1.78. The highest BCUT2D eigenvalue weighted by Crippen LogP contribution is 2.19. The van der Waals surface area contributed by atoms with Gasteiger partial charge in [-0.2, -0.15) is 13.2 Å². The maximum Gasteiger partial charge on any atom is 0.416 e. The number of nitrogens with zero attached hydrogens (tertiary/aromatic N) is 1. The van der Waals surface area contributed by atoms with Crippen LogP contribution in [-0.2, 0) is 11.3 Å². The lowest BCUT2D eigenvalue weighted by atomic mass is 10.3. The minimum Gasteiger partial charge on any atom is -0.382 e. The minimum absolute atomic E-state index is 0.0755. The molecule has 2 N–H and O–H groups in total. The fourth-order valence-corrected chi connectivity index (χ4v) is 2.78. The summed E-state index contributed by atoms with van der Waals surface area (Å²) in [5.41, 5.74) is -0.233. The van der Waals surface area contributed by atoms with Crippen molar-refractivity contribution < 1.29 is 23.1 Å². The van der Waals surface area contributed by atoms with Crippen LogP contribution in [0.4, 0.5) is 13.2 Å². The quantitative estimate of drug-likeness (QED) is 0.870. The van der Waals surface area contributed by atoms with Gasteiger partial charge in [0.05, 0.1) is 16.6 Å². The zero-order valence-corrected chi connectivity index (χ0v) is 12.1. The van der Waals surface area contributed by atoms with Gasteiger partial charge in [0.1, 0.15) is 0 Å². The zero-order chi connectivity index (χ0) is 16.3. The first-order valence-electron chi connectivity index (χ1n) is 6.39. The Balaban J connectivity index is 1.91. The Morgan fingerprint density at radius 2 is 2.05 bits per heavy atom. The molecule has 0 saturated heterocycles. The first-order chi connectivity index (χ1) is 10.3. The number of hydrogen-bond acceptors (Lipinski definition) is 4. The summed E-state index contributed by atoms with van der Waals surface area (Å²) in [6, 6.07) is 6.96. The molecule has 2 rings (SSSR count). The number of amides is 1. The van der Waals surface area contributed by atoms with Crippen molar-refractivity contribution in [3.8, 4) is 0 Å². The molecule has 1 amide bonds. The number of fused-ring (bicyclic) bond motifs is 1. The molecule has 5 nitrogen and oxygen atoms in total. The number of aliphatic hydroxyl groups excluding tert-OH is 1. The lowest BCUT2D eigenvalue weighted by Crippen LogP contribution is -2.40. The van der Waals surface area contributed by atoms with Gasteiger partial charge < -0.3 is 10.4 Å². The van der Waals surface area contributed by atoms with E-state index >= 15 is 0 Å². The van der Waals surface area contributed by atoms with E-state index in [0.29, 0.717) is 5.39 Å². The van der Waals surface area contributed by atoms with Crippen LogP contribution in [0.25, 0.3) is 10.1 Å². The van der Waals surface area contributed by atoms with Crippen molar-refractivity contribution >= 4 is 27.5 Å². The first kappa shape index (κ1) is 16.5. The molecular weight excluding hydrogens is 321 g/mol. The van der Waals surface area contributed by atoms with E-state index < -0.39 is 24.7 Å². The molecule has 1 aromatic carbocycles. The number of alkyl halides is 3. The number of aryl methyl sites for hydroxylation is 1. The van der Waals surface area contributed by atoms with Crippen molar-refractivity contribution in [3.63, 3.8) is 0 Å². The van der Waals surface area contributed by atoms with Crippen molar-refractivity contribution in [1.82, 2.24) is 9.27 Å². The SMILES string of the molecule is O=C(CCn1sc2ccccc2c1=O)NC[C@H](O)C(F)(F)F. The second kappa shape index (κ2) is 6.49. The predicted molar refractivity (Wildman–Crippen MR) is 75.8 cm³/mol. The van der Waals surface area contributed by atoms with Crippen LogP contribution in [0.3, 0.4) is 0 Å². The fraction of sp³-hybridized carbons (Fsp3) is 0.385. The molecular formula is C13H13F3N2O3S. The highest BCUT2D eigenvalue weighted by molar-refractivity contribution is 7.13. The summed E-state index contributed by atoms with van der Waals surface area (Å²) >= 11 is 1.19. The molecule has 1 aromatic heterocycles. The van der Waals surface area contributed by atoms with Gasteiger partial charge in [-0.25, -0.2) is 0 Å². The van der Waals surface area contributed by atoms with Gasteiger partial charge in [0.15, 0.2) is 6.10 Å². The van der Waals surface area contributed by atoms with Crippen LogP contribution in [0.15, 0.2) is 29.1 Å². The van der Waals surface area contributed by atoms with Crippen LogP contribution >= 0.6 is 11.5 Å². The Bertz CT molecular complexity index is 723. The Labute approximate surface area is 127 Å². The number of nitrogens with one attached hydrogen (secondary N) is 1. The molecule has 0 aliphatic carbocycles. The van der Waals surface area contributed by atoms with Crippen molar-refractivity contribution in [3.05, 3.63) is 34.6 Å². The van der Waals surface area contributed by atoms with Gasteiger partial charge in [0.2, 0.25) is 5.91 Å². The number of rotatable bonds is 5. The second-order valence-electron chi connectivity index (χ2n) is 4.61. The minimum atomic E-state index is -4.77. The Morgan fingerprint density at radius 1 is 1.36 bits per heavy atom. The van der Waals surface area contributed by atoms with Crippen LogP contribution < -0.4 is 10.9 Å². The monoisotopic (exact) mass is 334 g/mol. The molecule has 1 atom stereocenters. The maximum absolute atomic E-state index is 12.1. The van der Waals surface area contributed by atoms with Gasteiger partial charge in [-0.15, -0.1) is 0 Å². The number of aliphatic hydroxyl groups is 1. The maximum atomic E-state index is 12.1. The smallest absolute Gasteiger partial charge is 0.382 e. The number of aromatic nitrogens is 1. The molecule has 1 heterocycles. The highest BCUT2D eigenvalue weighted by Gasteiger charge is 2.38. The van der Waals surface area contributed by atoms with Gasteiger partial charge in [-0.1, -0.05) is 23.7 Å². The summed E-state index contributed by atoms with van der Waals surface area (Å²) in [6.07, 6.45) is -7.50. The van der Waals surface area contributed by atoms with Crippen molar-refractivity contribution in [2.75, 3.05) is 6.54 Å². The number of hydrogen-bond donors (Lipinski definition) is 2. The van der Waals surface area contributed by atoms with Gasteiger partial charge >= 0.3 is 6.18 Å². The zero-order valence-electron chi connectivity index (χ0n) is 11.3. The first-order valence-corrected chi connectivity index (χ1v) is 7.16. The van der Waals surface area contributed by atoms with Gasteiger partial charge in [0, 0.05) is 13.0 Å². The summed E-state index contributed by atoms with van der Waals surface area (Å²) in [7, 11) is 0. The van der Waals surface area contributed by atoms with Gasteiger partial charge in [-0.3, -0.25) is 13.5 Å². The normalized spacial score (nSPS) is 13.3.